The van der Waals surface area contributed by atoms with Crippen LogP contribution >= 0.6 is 12.2 Å². The normalized spacial score (nSPS) is 20.8. The summed E-state index contributed by atoms with van der Waals surface area (Å²) in [6.45, 7) is 0.802. The summed E-state index contributed by atoms with van der Waals surface area (Å²) in [5, 5.41) is 0.742. The van der Waals surface area contributed by atoms with Gasteiger partial charge in [-0.05, 0) is 61.4 Å². The first-order valence-electron chi connectivity index (χ1n) is 7.41. The number of fused-ring (bicyclic) bond motifs is 1. The van der Waals surface area contributed by atoms with Crippen molar-refractivity contribution in [1.82, 2.24) is 9.55 Å². The Bertz CT molecular complexity index is 781. The van der Waals surface area contributed by atoms with Crippen LogP contribution in [0, 0.1) is 16.1 Å². The molecule has 2 fully saturated rings. The van der Waals surface area contributed by atoms with Crippen molar-refractivity contribution in [2.75, 3.05) is 0 Å². The zero-order valence-electron chi connectivity index (χ0n) is 11.4. The first-order chi connectivity index (χ1) is 9.70. The summed E-state index contributed by atoms with van der Waals surface area (Å²) in [5.74, 6) is 0.823. The summed E-state index contributed by atoms with van der Waals surface area (Å²) >= 11 is 5.42. The first kappa shape index (κ1) is 12.3. The van der Waals surface area contributed by atoms with Gasteiger partial charge in [-0.15, -0.1) is 0 Å². The fraction of sp³-hybridized carbons (Fsp3) is 0.500. The predicted molar refractivity (Wildman–Crippen MR) is 82.4 cm³/mol. The van der Waals surface area contributed by atoms with Crippen molar-refractivity contribution in [3.05, 3.63) is 39.4 Å². The van der Waals surface area contributed by atoms with Gasteiger partial charge in [0.1, 0.15) is 0 Å². The smallest absolute Gasteiger partial charge is 0.262 e. The molecule has 0 aliphatic heterocycles. The largest absolute Gasteiger partial charge is 0.332 e. The zero-order valence-corrected chi connectivity index (χ0v) is 12.2. The predicted octanol–water partition coefficient (Wildman–Crippen LogP) is 3.64. The van der Waals surface area contributed by atoms with Crippen molar-refractivity contribution in [3.8, 4) is 0 Å². The number of H-pyrrole nitrogens is 1. The van der Waals surface area contributed by atoms with Gasteiger partial charge in [-0.2, -0.15) is 0 Å². The highest BCUT2D eigenvalue weighted by Crippen LogP contribution is 2.57. The molecule has 0 radical (unpaired) electrons. The van der Waals surface area contributed by atoms with Gasteiger partial charge in [0.2, 0.25) is 0 Å². The van der Waals surface area contributed by atoms with Crippen molar-refractivity contribution in [3.63, 3.8) is 0 Å². The second-order valence-electron chi connectivity index (χ2n) is 6.36. The van der Waals surface area contributed by atoms with E-state index < -0.39 is 0 Å². The van der Waals surface area contributed by atoms with Crippen molar-refractivity contribution < 1.29 is 0 Å². The lowest BCUT2D eigenvalue weighted by Crippen LogP contribution is -2.40. The lowest BCUT2D eigenvalue weighted by Gasteiger charge is -2.42. The topological polar surface area (TPSA) is 37.8 Å². The Balaban J connectivity index is 1.83. The molecule has 0 amide bonds. The van der Waals surface area contributed by atoms with Crippen LogP contribution in [0.1, 0.15) is 32.1 Å². The van der Waals surface area contributed by atoms with Gasteiger partial charge in [-0.25, -0.2) is 0 Å². The Labute approximate surface area is 122 Å². The van der Waals surface area contributed by atoms with Crippen LogP contribution in [0.25, 0.3) is 10.9 Å². The van der Waals surface area contributed by atoms with Gasteiger partial charge in [0.25, 0.3) is 5.56 Å². The summed E-state index contributed by atoms with van der Waals surface area (Å²) < 4.78 is 2.37. The summed E-state index contributed by atoms with van der Waals surface area (Å²) in [6, 6.07) is 7.63. The molecule has 0 saturated heterocycles. The molecule has 1 heterocycles. The highest BCUT2D eigenvalue weighted by Gasteiger charge is 2.49. The van der Waals surface area contributed by atoms with Crippen LogP contribution in [0.4, 0.5) is 0 Å². The Morgan fingerprint density at radius 1 is 1.30 bits per heavy atom. The van der Waals surface area contributed by atoms with Crippen LogP contribution in [0.3, 0.4) is 0 Å². The van der Waals surface area contributed by atoms with Crippen molar-refractivity contribution >= 4 is 23.1 Å². The third-order valence-corrected chi connectivity index (χ3v) is 5.48. The number of benzene rings is 1. The van der Waals surface area contributed by atoms with Crippen LogP contribution in [0.2, 0.25) is 0 Å². The van der Waals surface area contributed by atoms with Crippen LogP contribution < -0.4 is 5.56 Å². The number of nitrogens with zero attached hydrogens (tertiary/aromatic N) is 1. The Morgan fingerprint density at radius 2 is 2.05 bits per heavy atom. The van der Waals surface area contributed by atoms with Crippen molar-refractivity contribution in [2.45, 2.75) is 38.6 Å². The molecule has 1 aromatic carbocycles. The molecule has 4 rings (SSSR count). The van der Waals surface area contributed by atoms with E-state index >= 15 is 0 Å². The molecule has 20 heavy (non-hydrogen) atoms. The van der Waals surface area contributed by atoms with Gasteiger partial charge in [0.15, 0.2) is 4.77 Å². The highest BCUT2D eigenvalue weighted by atomic mass is 32.1. The average molecular weight is 286 g/mol. The van der Waals surface area contributed by atoms with Gasteiger partial charge < -0.3 is 4.98 Å². The number of para-hydroxylation sites is 1. The van der Waals surface area contributed by atoms with E-state index in [1.165, 1.54) is 32.1 Å². The third kappa shape index (κ3) is 1.78. The molecule has 2 aromatic rings. The molecule has 1 aromatic heterocycles. The van der Waals surface area contributed by atoms with E-state index in [0.29, 0.717) is 10.2 Å². The van der Waals surface area contributed by atoms with E-state index in [4.69, 9.17) is 12.2 Å². The number of rotatable bonds is 3. The standard InChI is InChI=1S/C16H18N2OS/c19-14-12-4-1-2-5-13(12)17-15(20)18(14)10-16(8-3-9-16)11-6-7-11/h1-2,4-5,11H,3,6-10H2,(H,17,20). The molecule has 0 bridgehead atoms. The van der Waals surface area contributed by atoms with Gasteiger partial charge in [-0.1, -0.05) is 18.6 Å². The third-order valence-electron chi connectivity index (χ3n) is 5.16. The number of hydrogen-bond donors (Lipinski definition) is 1. The van der Waals surface area contributed by atoms with Gasteiger partial charge in [0.05, 0.1) is 10.9 Å². The molecule has 2 aliphatic rings. The van der Waals surface area contributed by atoms with E-state index in [9.17, 15) is 4.79 Å². The minimum absolute atomic E-state index is 0.0660. The fourth-order valence-electron chi connectivity index (χ4n) is 3.68. The first-order valence-corrected chi connectivity index (χ1v) is 7.82. The minimum atomic E-state index is 0.0660. The molecule has 2 saturated carbocycles. The van der Waals surface area contributed by atoms with Gasteiger partial charge >= 0.3 is 0 Å². The summed E-state index contributed by atoms with van der Waals surface area (Å²) in [7, 11) is 0. The second kappa shape index (κ2) is 4.29. The maximum atomic E-state index is 12.7. The maximum absolute atomic E-state index is 12.7. The lowest BCUT2D eigenvalue weighted by atomic mass is 9.65. The Hall–Kier alpha value is -1.42. The van der Waals surface area contributed by atoms with Crippen molar-refractivity contribution in [2.24, 2.45) is 11.3 Å². The zero-order chi connectivity index (χ0) is 13.7. The molecule has 0 atom stereocenters. The Morgan fingerprint density at radius 3 is 2.70 bits per heavy atom. The minimum Gasteiger partial charge on any atom is -0.332 e. The molecule has 0 spiro atoms. The average Bonchev–Trinajstić information content (AvgIpc) is 3.22. The van der Waals surface area contributed by atoms with E-state index in [1.807, 2.05) is 24.3 Å². The van der Waals surface area contributed by atoms with Crippen LogP contribution in [-0.2, 0) is 6.54 Å². The van der Waals surface area contributed by atoms with E-state index in [0.717, 1.165) is 23.4 Å². The number of nitrogens with one attached hydrogen (secondary N) is 1. The van der Waals surface area contributed by atoms with E-state index in [2.05, 4.69) is 4.98 Å². The maximum Gasteiger partial charge on any atom is 0.262 e. The molecule has 2 aliphatic carbocycles. The molecule has 104 valence electrons. The Kier molecular flexibility index (Phi) is 2.64. The fourth-order valence-corrected chi connectivity index (χ4v) is 3.94. The second-order valence-corrected chi connectivity index (χ2v) is 6.74. The quantitative estimate of drug-likeness (QED) is 0.875. The van der Waals surface area contributed by atoms with E-state index in [-0.39, 0.29) is 5.56 Å². The molecular formula is C16H18N2OS. The molecular weight excluding hydrogens is 268 g/mol. The van der Waals surface area contributed by atoms with Gasteiger partial charge in [0, 0.05) is 6.54 Å². The van der Waals surface area contributed by atoms with Crippen LogP contribution in [0.15, 0.2) is 29.1 Å². The number of aromatic nitrogens is 2. The van der Waals surface area contributed by atoms with Crippen LogP contribution in [-0.4, -0.2) is 9.55 Å². The highest BCUT2D eigenvalue weighted by molar-refractivity contribution is 7.71. The SMILES string of the molecule is O=c1c2ccccc2[nH]c(=S)n1CC1(C2CC2)CCC1. The van der Waals surface area contributed by atoms with Crippen LogP contribution in [0.5, 0.6) is 0 Å². The number of aromatic amines is 1. The summed E-state index contributed by atoms with van der Waals surface area (Å²) in [6.07, 6.45) is 6.48. The molecule has 0 unspecified atom stereocenters. The molecule has 1 N–H and O–H groups in total. The van der Waals surface area contributed by atoms with Crippen molar-refractivity contribution in [1.29, 1.82) is 0 Å². The summed E-state index contributed by atoms with van der Waals surface area (Å²) in [4.78, 5) is 15.9. The summed E-state index contributed by atoms with van der Waals surface area (Å²) in [5.41, 5.74) is 1.26. The number of hydrogen-bond acceptors (Lipinski definition) is 2. The molecule has 3 nitrogen and oxygen atoms in total. The van der Waals surface area contributed by atoms with E-state index in [1.54, 1.807) is 4.57 Å². The molecule has 4 heteroatoms. The van der Waals surface area contributed by atoms with Gasteiger partial charge in [-0.3, -0.25) is 9.36 Å². The lowest BCUT2D eigenvalue weighted by molar-refractivity contribution is 0.0740. The monoisotopic (exact) mass is 286 g/mol.